The Hall–Kier alpha value is -2.37. The summed E-state index contributed by atoms with van der Waals surface area (Å²) in [5.41, 5.74) is 2.29. The summed E-state index contributed by atoms with van der Waals surface area (Å²) >= 11 is 0. The highest BCUT2D eigenvalue weighted by Gasteiger charge is 2.37. The van der Waals surface area contributed by atoms with Crippen LogP contribution in [0.5, 0.6) is 0 Å². The molecule has 0 unspecified atom stereocenters. The van der Waals surface area contributed by atoms with Gasteiger partial charge in [0, 0.05) is 39.0 Å². The van der Waals surface area contributed by atoms with Gasteiger partial charge in [0.15, 0.2) is 0 Å². The van der Waals surface area contributed by atoms with Gasteiger partial charge >= 0.3 is 0 Å². The molecule has 0 aliphatic carbocycles. The first kappa shape index (κ1) is 17.1. The highest BCUT2D eigenvalue weighted by Crippen LogP contribution is 2.40. The molecule has 0 atom stereocenters. The number of hydrogen-bond acceptors (Lipinski definition) is 3. The van der Waals surface area contributed by atoms with Crippen molar-refractivity contribution in [3.8, 4) is 0 Å². The second-order valence-corrected chi connectivity index (χ2v) is 7.66. The zero-order valence-corrected chi connectivity index (χ0v) is 15.1. The molecule has 2 saturated heterocycles. The summed E-state index contributed by atoms with van der Waals surface area (Å²) in [5, 5.41) is 2.97. The van der Waals surface area contributed by atoms with Crippen molar-refractivity contribution in [1.82, 2.24) is 19.8 Å². The van der Waals surface area contributed by atoms with Crippen LogP contribution in [0.1, 0.15) is 38.5 Å². The fourth-order valence-corrected chi connectivity index (χ4v) is 4.35. The Morgan fingerprint density at radius 1 is 1.15 bits per heavy atom. The first-order valence-electron chi connectivity index (χ1n) is 9.60. The Bertz CT molecular complexity index is 805. The number of carbonyl (C=O) groups excluding carboxylic acids is 2. The molecule has 1 spiro atoms. The number of hydrogen-bond donors (Lipinski definition) is 1. The molecule has 1 aromatic carbocycles. The summed E-state index contributed by atoms with van der Waals surface area (Å²) in [5.74, 6) is 0.397. The van der Waals surface area contributed by atoms with E-state index >= 15 is 0 Å². The summed E-state index contributed by atoms with van der Waals surface area (Å²) in [4.78, 5) is 30.6. The molecular formula is C20H26N4O2. The molecule has 2 aliphatic heterocycles. The number of benzene rings is 1. The van der Waals surface area contributed by atoms with Crippen LogP contribution in [0.15, 0.2) is 30.6 Å². The molecule has 3 heterocycles. The number of rotatable bonds is 3. The van der Waals surface area contributed by atoms with Crippen LogP contribution in [0.4, 0.5) is 0 Å². The predicted molar refractivity (Wildman–Crippen MR) is 99.5 cm³/mol. The standard InChI is InChI=1S/C20H26N4O2/c25-18-5-7-20(8-11-21-18)9-13-23(14-10-20)19(26)6-12-24-15-22-16-3-1-2-4-17(16)24/h1-4,15H,5-14H2,(H,21,25). The monoisotopic (exact) mass is 354 g/mol. The van der Waals surface area contributed by atoms with E-state index in [1.54, 1.807) is 0 Å². The zero-order chi connectivity index (χ0) is 18.0. The van der Waals surface area contributed by atoms with Crippen LogP contribution in [0.25, 0.3) is 11.0 Å². The van der Waals surface area contributed by atoms with Crippen LogP contribution < -0.4 is 5.32 Å². The minimum Gasteiger partial charge on any atom is -0.356 e. The second-order valence-electron chi connectivity index (χ2n) is 7.66. The maximum atomic E-state index is 12.6. The van der Waals surface area contributed by atoms with Gasteiger partial charge in [0.05, 0.1) is 17.4 Å². The van der Waals surface area contributed by atoms with Gasteiger partial charge in [0.25, 0.3) is 0 Å². The van der Waals surface area contributed by atoms with Crippen LogP contribution in [0.3, 0.4) is 0 Å². The Kier molecular flexibility index (Phi) is 4.66. The molecule has 0 radical (unpaired) electrons. The lowest BCUT2D eigenvalue weighted by molar-refractivity contribution is -0.134. The number of nitrogens with zero attached hydrogens (tertiary/aromatic N) is 3. The van der Waals surface area contributed by atoms with E-state index in [-0.39, 0.29) is 17.2 Å². The summed E-state index contributed by atoms with van der Waals surface area (Å²) in [6, 6.07) is 8.01. The first-order valence-corrected chi connectivity index (χ1v) is 9.60. The molecule has 6 nitrogen and oxygen atoms in total. The van der Waals surface area contributed by atoms with Crippen LogP contribution >= 0.6 is 0 Å². The molecule has 1 N–H and O–H groups in total. The van der Waals surface area contributed by atoms with E-state index in [0.29, 0.717) is 19.4 Å². The smallest absolute Gasteiger partial charge is 0.224 e. The molecule has 2 aromatic rings. The number of fused-ring (bicyclic) bond motifs is 1. The first-order chi connectivity index (χ1) is 12.7. The molecular weight excluding hydrogens is 328 g/mol. The third kappa shape index (κ3) is 3.45. The lowest BCUT2D eigenvalue weighted by atomic mass is 9.73. The van der Waals surface area contributed by atoms with Crippen molar-refractivity contribution in [2.45, 2.75) is 45.1 Å². The number of para-hydroxylation sites is 2. The molecule has 6 heteroatoms. The number of likely N-dealkylation sites (tertiary alicyclic amines) is 1. The Morgan fingerprint density at radius 3 is 2.81 bits per heavy atom. The van der Waals surface area contributed by atoms with Gasteiger partial charge in [-0.3, -0.25) is 9.59 Å². The number of aryl methyl sites for hydroxylation is 1. The van der Waals surface area contributed by atoms with Crippen molar-refractivity contribution in [3.63, 3.8) is 0 Å². The minimum absolute atomic E-state index is 0.174. The van der Waals surface area contributed by atoms with E-state index < -0.39 is 0 Å². The molecule has 0 bridgehead atoms. The van der Waals surface area contributed by atoms with E-state index in [9.17, 15) is 9.59 Å². The Labute approximate surface area is 153 Å². The van der Waals surface area contributed by atoms with Gasteiger partial charge in [-0.1, -0.05) is 12.1 Å². The van der Waals surface area contributed by atoms with Crippen molar-refractivity contribution in [3.05, 3.63) is 30.6 Å². The van der Waals surface area contributed by atoms with Crippen molar-refractivity contribution >= 4 is 22.8 Å². The highest BCUT2D eigenvalue weighted by atomic mass is 16.2. The average molecular weight is 354 g/mol. The maximum Gasteiger partial charge on any atom is 0.224 e. The predicted octanol–water partition coefficient (Wildman–Crippen LogP) is 2.34. The van der Waals surface area contributed by atoms with Crippen LogP contribution in [-0.2, 0) is 16.1 Å². The zero-order valence-electron chi connectivity index (χ0n) is 15.1. The van der Waals surface area contributed by atoms with Crippen LogP contribution in [0.2, 0.25) is 0 Å². The van der Waals surface area contributed by atoms with Gasteiger partial charge < -0.3 is 14.8 Å². The minimum atomic E-state index is 0.174. The third-order valence-corrected chi connectivity index (χ3v) is 6.13. The molecule has 4 rings (SSSR count). The van der Waals surface area contributed by atoms with Gasteiger partial charge in [0.1, 0.15) is 0 Å². The molecule has 1 aromatic heterocycles. The number of piperidine rings is 1. The van der Waals surface area contributed by atoms with Crippen LogP contribution in [0, 0.1) is 5.41 Å². The van der Waals surface area contributed by atoms with E-state index in [4.69, 9.17) is 0 Å². The number of amides is 2. The largest absolute Gasteiger partial charge is 0.356 e. The maximum absolute atomic E-state index is 12.6. The van der Waals surface area contributed by atoms with E-state index in [2.05, 4.69) is 14.9 Å². The molecule has 2 aliphatic rings. The van der Waals surface area contributed by atoms with E-state index in [1.807, 2.05) is 35.5 Å². The summed E-state index contributed by atoms with van der Waals surface area (Å²) in [6.45, 7) is 3.08. The topological polar surface area (TPSA) is 67.2 Å². The van der Waals surface area contributed by atoms with Crippen molar-refractivity contribution < 1.29 is 9.59 Å². The number of carbonyl (C=O) groups is 2. The fraction of sp³-hybridized carbons (Fsp3) is 0.550. The van der Waals surface area contributed by atoms with Gasteiger partial charge in [-0.05, 0) is 43.2 Å². The van der Waals surface area contributed by atoms with Crippen molar-refractivity contribution in [2.24, 2.45) is 5.41 Å². The number of imidazole rings is 1. The molecule has 2 amide bonds. The summed E-state index contributed by atoms with van der Waals surface area (Å²) in [7, 11) is 0. The summed E-state index contributed by atoms with van der Waals surface area (Å²) in [6.07, 6.45) is 6.99. The average Bonchev–Trinajstić information content (AvgIpc) is 3.00. The van der Waals surface area contributed by atoms with E-state index in [1.165, 1.54) is 0 Å². The lowest BCUT2D eigenvalue weighted by Gasteiger charge is -2.41. The molecule has 138 valence electrons. The van der Waals surface area contributed by atoms with Gasteiger partial charge in [-0.2, -0.15) is 0 Å². The van der Waals surface area contributed by atoms with Gasteiger partial charge in [0.2, 0.25) is 11.8 Å². The molecule has 0 saturated carbocycles. The van der Waals surface area contributed by atoms with E-state index in [0.717, 1.165) is 56.4 Å². The summed E-state index contributed by atoms with van der Waals surface area (Å²) < 4.78 is 2.06. The Morgan fingerprint density at radius 2 is 1.96 bits per heavy atom. The van der Waals surface area contributed by atoms with Gasteiger partial charge in [-0.15, -0.1) is 0 Å². The Balaban J connectivity index is 1.32. The normalized spacial score (nSPS) is 20.2. The number of aromatic nitrogens is 2. The number of nitrogens with one attached hydrogen (secondary N) is 1. The molecule has 2 fully saturated rings. The SMILES string of the molecule is O=C1CCC2(CCN1)CCN(C(=O)CCn1cnc3ccccc31)CC2. The van der Waals surface area contributed by atoms with Crippen LogP contribution in [-0.4, -0.2) is 45.9 Å². The fourth-order valence-electron chi connectivity index (χ4n) is 4.35. The second kappa shape index (κ2) is 7.09. The van der Waals surface area contributed by atoms with Crippen molar-refractivity contribution in [1.29, 1.82) is 0 Å². The quantitative estimate of drug-likeness (QED) is 0.920. The van der Waals surface area contributed by atoms with Gasteiger partial charge in [-0.25, -0.2) is 4.98 Å². The highest BCUT2D eigenvalue weighted by molar-refractivity contribution is 5.78. The molecule has 26 heavy (non-hydrogen) atoms. The lowest BCUT2D eigenvalue weighted by Crippen LogP contribution is -2.43. The third-order valence-electron chi connectivity index (χ3n) is 6.13. The van der Waals surface area contributed by atoms with Crippen molar-refractivity contribution in [2.75, 3.05) is 19.6 Å².